The molecule has 0 spiro atoms. The molecule has 0 aliphatic carbocycles. The van der Waals surface area contributed by atoms with Crippen LogP contribution in [0.1, 0.15) is 23.0 Å². The number of fused-ring (bicyclic) bond motifs is 2. The summed E-state index contributed by atoms with van der Waals surface area (Å²) in [6, 6.07) is 12.5. The standard InChI is InChI=1S/C25H26N4O5/c1-3-29-19-9-8-17(14-18(19)26-16(2)23(29)30)24(31)27-10-12-28(13-11-27)25(32)22-15-33-20-6-4-5-7-21(20)34-22/h4-9,14,22H,3,10-13,15H2,1-2H3/t22-/m1/s1. The Morgan fingerprint density at radius 2 is 1.74 bits per heavy atom. The fourth-order valence-corrected chi connectivity index (χ4v) is 4.48. The lowest BCUT2D eigenvalue weighted by Crippen LogP contribution is -2.55. The molecule has 0 unspecified atom stereocenters. The van der Waals surface area contributed by atoms with E-state index < -0.39 is 6.10 Å². The van der Waals surface area contributed by atoms with Gasteiger partial charge in [-0.05, 0) is 44.2 Å². The lowest BCUT2D eigenvalue weighted by molar-refractivity contribution is -0.142. The van der Waals surface area contributed by atoms with Crippen molar-refractivity contribution in [2.24, 2.45) is 0 Å². The van der Waals surface area contributed by atoms with Crippen molar-refractivity contribution in [3.8, 4) is 11.5 Å². The third-order valence-corrected chi connectivity index (χ3v) is 6.33. The van der Waals surface area contributed by atoms with Crippen LogP contribution in [-0.2, 0) is 11.3 Å². The fourth-order valence-electron chi connectivity index (χ4n) is 4.48. The summed E-state index contributed by atoms with van der Waals surface area (Å²) in [5.74, 6) is 0.950. The summed E-state index contributed by atoms with van der Waals surface area (Å²) in [5.41, 5.74) is 2.13. The Labute approximate surface area is 196 Å². The molecule has 2 aliphatic heterocycles. The maximum atomic E-state index is 13.1. The number of hydrogen-bond donors (Lipinski definition) is 0. The predicted molar refractivity (Wildman–Crippen MR) is 125 cm³/mol. The lowest BCUT2D eigenvalue weighted by atomic mass is 10.1. The van der Waals surface area contributed by atoms with Gasteiger partial charge in [0.1, 0.15) is 12.3 Å². The maximum absolute atomic E-state index is 13.1. The fraction of sp³-hybridized carbons (Fsp3) is 0.360. The first-order valence-corrected chi connectivity index (χ1v) is 11.4. The summed E-state index contributed by atoms with van der Waals surface area (Å²) in [6.45, 7) is 5.98. The number of piperazine rings is 1. The van der Waals surface area contributed by atoms with Gasteiger partial charge >= 0.3 is 0 Å². The highest BCUT2D eigenvalue weighted by molar-refractivity contribution is 5.97. The predicted octanol–water partition coefficient (Wildman–Crippen LogP) is 1.85. The van der Waals surface area contributed by atoms with Gasteiger partial charge in [-0.2, -0.15) is 0 Å². The molecule has 2 aliphatic rings. The third kappa shape index (κ3) is 3.87. The van der Waals surface area contributed by atoms with E-state index in [-0.39, 0.29) is 24.0 Å². The van der Waals surface area contributed by atoms with Gasteiger partial charge in [0, 0.05) is 38.3 Å². The number of nitrogens with zero attached hydrogens (tertiary/aromatic N) is 4. The zero-order valence-electron chi connectivity index (χ0n) is 19.2. The number of rotatable bonds is 3. The van der Waals surface area contributed by atoms with Gasteiger partial charge in [0.25, 0.3) is 17.4 Å². The summed E-state index contributed by atoms with van der Waals surface area (Å²) in [5, 5.41) is 0. The monoisotopic (exact) mass is 462 g/mol. The van der Waals surface area contributed by atoms with Crippen molar-refractivity contribution in [3.05, 3.63) is 64.1 Å². The van der Waals surface area contributed by atoms with Gasteiger partial charge in [0.2, 0.25) is 6.10 Å². The molecule has 176 valence electrons. The van der Waals surface area contributed by atoms with Crippen LogP contribution >= 0.6 is 0 Å². The molecule has 2 aromatic carbocycles. The number of para-hydroxylation sites is 2. The zero-order valence-corrected chi connectivity index (χ0v) is 19.2. The van der Waals surface area contributed by atoms with E-state index in [9.17, 15) is 14.4 Å². The van der Waals surface area contributed by atoms with Crippen LogP contribution < -0.4 is 15.0 Å². The minimum atomic E-state index is -0.692. The smallest absolute Gasteiger partial charge is 0.272 e. The normalized spacial score (nSPS) is 17.6. The van der Waals surface area contributed by atoms with Crippen LogP contribution in [0.3, 0.4) is 0 Å². The summed E-state index contributed by atoms with van der Waals surface area (Å²) in [6.07, 6.45) is -0.692. The molecule has 3 aromatic rings. The number of aromatic nitrogens is 2. The number of carbonyl (C=O) groups excluding carboxylic acids is 2. The minimum absolute atomic E-state index is 0.117. The molecule has 5 rings (SSSR count). The summed E-state index contributed by atoms with van der Waals surface area (Å²) in [7, 11) is 0. The van der Waals surface area contributed by atoms with Crippen LogP contribution in [0, 0.1) is 6.92 Å². The SMILES string of the molecule is CCn1c(=O)c(C)nc2cc(C(=O)N3CCN(C(=O)[C@H]4COc5ccccc5O4)CC3)ccc21. The van der Waals surface area contributed by atoms with E-state index in [1.807, 2.05) is 25.1 Å². The first-order valence-electron chi connectivity index (χ1n) is 11.4. The molecular weight excluding hydrogens is 436 g/mol. The second kappa shape index (κ2) is 8.81. The molecule has 1 saturated heterocycles. The molecule has 34 heavy (non-hydrogen) atoms. The van der Waals surface area contributed by atoms with Gasteiger partial charge < -0.3 is 23.8 Å². The van der Waals surface area contributed by atoms with Crippen molar-refractivity contribution in [3.63, 3.8) is 0 Å². The van der Waals surface area contributed by atoms with Gasteiger partial charge in [0.05, 0.1) is 11.0 Å². The van der Waals surface area contributed by atoms with E-state index in [0.29, 0.717) is 66.5 Å². The molecule has 0 radical (unpaired) electrons. The molecule has 1 aromatic heterocycles. The molecule has 0 bridgehead atoms. The number of aryl methyl sites for hydroxylation is 2. The van der Waals surface area contributed by atoms with Gasteiger partial charge in [0.15, 0.2) is 11.5 Å². The molecular formula is C25H26N4O5. The summed E-state index contributed by atoms with van der Waals surface area (Å²) in [4.78, 5) is 46.3. The maximum Gasteiger partial charge on any atom is 0.272 e. The van der Waals surface area contributed by atoms with Crippen molar-refractivity contribution in [1.29, 1.82) is 0 Å². The van der Waals surface area contributed by atoms with E-state index in [2.05, 4.69) is 4.98 Å². The topological polar surface area (TPSA) is 94.0 Å². The molecule has 9 heteroatoms. The van der Waals surface area contributed by atoms with Crippen molar-refractivity contribution in [1.82, 2.24) is 19.4 Å². The van der Waals surface area contributed by atoms with E-state index in [1.54, 1.807) is 45.6 Å². The molecule has 2 amide bonds. The number of hydrogen-bond acceptors (Lipinski definition) is 6. The Morgan fingerprint density at radius 1 is 1.03 bits per heavy atom. The Morgan fingerprint density at radius 3 is 2.47 bits per heavy atom. The van der Waals surface area contributed by atoms with E-state index in [0.717, 1.165) is 0 Å². The third-order valence-electron chi connectivity index (χ3n) is 6.33. The average Bonchev–Trinajstić information content (AvgIpc) is 2.88. The van der Waals surface area contributed by atoms with Crippen molar-refractivity contribution >= 4 is 22.8 Å². The Kier molecular flexibility index (Phi) is 5.69. The molecule has 1 atom stereocenters. The van der Waals surface area contributed by atoms with Crippen molar-refractivity contribution < 1.29 is 19.1 Å². The van der Waals surface area contributed by atoms with E-state index >= 15 is 0 Å². The van der Waals surface area contributed by atoms with Crippen LogP contribution in [0.5, 0.6) is 11.5 Å². The minimum Gasteiger partial charge on any atom is -0.485 e. The van der Waals surface area contributed by atoms with E-state index in [1.165, 1.54) is 0 Å². The van der Waals surface area contributed by atoms with Crippen LogP contribution in [0.15, 0.2) is 47.3 Å². The van der Waals surface area contributed by atoms with Gasteiger partial charge in [-0.25, -0.2) is 4.98 Å². The molecule has 3 heterocycles. The molecule has 1 fully saturated rings. The number of carbonyl (C=O) groups is 2. The van der Waals surface area contributed by atoms with Crippen LogP contribution in [0.25, 0.3) is 11.0 Å². The quantitative estimate of drug-likeness (QED) is 0.590. The molecule has 0 N–H and O–H groups in total. The second-order valence-electron chi connectivity index (χ2n) is 8.43. The summed E-state index contributed by atoms with van der Waals surface area (Å²) < 4.78 is 13.2. The highest BCUT2D eigenvalue weighted by Crippen LogP contribution is 2.31. The van der Waals surface area contributed by atoms with Crippen molar-refractivity contribution in [2.45, 2.75) is 26.5 Å². The number of benzene rings is 2. The Balaban J connectivity index is 1.25. The van der Waals surface area contributed by atoms with Crippen LogP contribution in [0.4, 0.5) is 0 Å². The van der Waals surface area contributed by atoms with Crippen LogP contribution in [-0.4, -0.2) is 70.1 Å². The second-order valence-corrected chi connectivity index (χ2v) is 8.43. The number of ether oxygens (including phenoxy) is 2. The Bertz CT molecular complexity index is 1330. The Hall–Kier alpha value is -3.88. The number of amides is 2. The largest absolute Gasteiger partial charge is 0.485 e. The van der Waals surface area contributed by atoms with E-state index in [4.69, 9.17) is 9.47 Å². The first kappa shape index (κ1) is 21.9. The summed E-state index contributed by atoms with van der Waals surface area (Å²) >= 11 is 0. The lowest BCUT2D eigenvalue weighted by Gasteiger charge is -2.37. The van der Waals surface area contributed by atoms with Gasteiger partial charge in [-0.1, -0.05) is 12.1 Å². The van der Waals surface area contributed by atoms with Gasteiger partial charge in [-0.15, -0.1) is 0 Å². The zero-order chi connectivity index (χ0) is 23.8. The highest BCUT2D eigenvalue weighted by atomic mass is 16.6. The first-order chi connectivity index (χ1) is 16.5. The van der Waals surface area contributed by atoms with Gasteiger partial charge in [-0.3, -0.25) is 14.4 Å². The molecule has 0 saturated carbocycles. The van der Waals surface area contributed by atoms with Crippen LogP contribution in [0.2, 0.25) is 0 Å². The molecule has 9 nitrogen and oxygen atoms in total. The van der Waals surface area contributed by atoms with Crippen molar-refractivity contribution in [2.75, 3.05) is 32.8 Å². The highest BCUT2D eigenvalue weighted by Gasteiger charge is 2.33. The average molecular weight is 463 g/mol.